The Labute approximate surface area is 149 Å². The zero-order valence-electron chi connectivity index (χ0n) is 14.7. The minimum absolute atomic E-state index is 0.136. The molecule has 0 aliphatic heterocycles. The van der Waals surface area contributed by atoms with Gasteiger partial charge in [0.05, 0.1) is 31.9 Å². The third-order valence-electron chi connectivity index (χ3n) is 3.94. The van der Waals surface area contributed by atoms with Crippen LogP contribution in [0.5, 0.6) is 5.75 Å². The molecule has 26 heavy (non-hydrogen) atoms. The van der Waals surface area contributed by atoms with Gasteiger partial charge < -0.3 is 14.8 Å². The molecule has 0 radical (unpaired) electrons. The number of benzene rings is 1. The van der Waals surface area contributed by atoms with Gasteiger partial charge in [0.25, 0.3) is 11.3 Å². The van der Waals surface area contributed by atoms with Crippen LogP contribution in [0.15, 0.2) is 29.1 Å². The average molecular weight is 357 g/mol. The summed E-state index contributed by atoms with van der Waals surface area (Å²) in [5.41, 5.74) is 1.34. The summed E-state index contributed by atoms with van der Waals surface area (Å²) in [5.74, 6) is 0.888. The van der Waals surface area contributed by atoms with Gasteiger partial charge in [0, 0.05) is 6.54 Å². The van der Waals surface area contributed by atoms with Gasteiger partial charge in [0.15, 0.2) is 0 Å². The lowest BCUT2D eigenvalue weighted by Crippen LogP contribution is -2.24. The van der Waals surface area contributed by atoms with E-state index in [4.69, 9.17) is 4.74 Å². The van der Waals surface area contributed by atoms with E-state index >= 15 is 0 Å². The van der Waals surface area contributed by atoms with Crippen molar-refractivity contribution >= 4 is 17.7 Å². The molecule has 0 aliphatic rings. The number of H-pyrrole nitrogens is 1. The number of aromatic nitrogens is 4. The predicted octanol–water partition coefficient (Wildman–Crippen LogP) is 1.06. The van der Waals surface area contributed by atoms with E-state index in [1.54, 1.807) is 14.0 Å². The largest absolute Gasteiger partial charge is 0.497 e. The lowest BCUT2D eigenvalue weighted by atomic mass is 10.2. The highest BCUT2D eigenvalue weighted by Gasteiger charge is 2.16. The zero-order chi connectivity index (χ0) is 18.7. The number of carbonyl (C=O) groups is 1. The topological polar surface area (TPSA) is 111 Å². The van der Waals surface area contributed by atoms with Crippen LogP contribution in [0.2, 0.25) is 0 Å². The van der Waals surface area contributed by atoms with Gasteiger partial charge in [-0.2, -0.15) is 9.50 Å². The molecule has 9 heteroatoms. The second-order valence-corrected chi connectivity index (χ2v) is 5.65. The van der Waals surface area contributed by atoms with Crippen molar-refractivity contribution < 1.29 is 14.3 Å². The Morgan fingerprint density at radius 3 is 2.85 bits per heavy atom. The number of hydrogen-bond donors (Lipinski definition) is 2. The van der Waals surface area contributed by atoms with E-state index < -0.39 is 5.97 Å². The number of aromatic amines is 1. The number of rotatable bonds is 6. The van der Waals surface area contributed by atoms with Crippen molar-refractivity contribution in [1.82, 2.24) is 19.6 Å². The summed E-state index contributed by atoms with van der Waals surface area (Å²) in [6, 6.07) is 7.60. The molecule has 2 heterocycles. The fourth-order valence-electron chi connectivity index (χ4n) is 2.52. The van der Waals surface area contributed by atoms with E-state index in [1.807, 2.05) is 24.3 Å². The molecular formula is C17H19N5O4. The van der Waals surface area contributed by atoms with E-state index in [-0.39, 0.29) is 23.3 Å². The first-order chi connectivity index (χ1) is 12.5. The molecular weight excluding hydrogens is 338 g/mol. The minimum atomic E-state index is -0.497. The Balaban J connectivity index is 1.85. The quantitative estimate of drug-likeness (QED) is 0.635. The number of carbonyl (C=O) groups excluding carboxylic acids is 1. The second kappa shape index (κ2) is 7.26. The van der Waals surface area contributed by atoms with Gasteiger partial charge in [0.1, 0.15) is 5.75 Å². The van der Waals surface area contributed by atoms with Crippen molar-refractivity contribution in [3.63, 3.8) is 0 Å². The first-order valence-corrected chi connectivity index (χ1v) is 7.93. The molecule has 2 aromatic heterocycles. The molecule has 0 unspecified atom stereocenters. The first-order valence-electron chi connectivity index (χ1n) is 7.93. The Hall–Kier alpha value is -3.36. The van der Waals surface area contributed by atoms with Crippen LogP contribution in [-0.4, -0.2) is 39.8 Å². The summed E-state index contributed by atoms with van der Waals surface area (Å²) in [5, 5.41) is 5.96. The summed E-state index contributed by atoms with van der Waals surface area (Å²) in [6.07, 6.45) is -0.136. The molecule has 3 rings (SSSR count). The molecule has 2 N–H and O–H groups in total. The van der Waals surface area contributed by atoms with Gasteiger partial charge >= 0.3 is 5.97 Å². The van der Waals surface area contributed by atoms with Gasteiger partial charge in [-0.25, -0.2) is 4.98 Å². The van der Waals surface area contributed by atoms with E-state index in [9.17, 15) is 9.59 Å². The Kier molecular flexibility index (Phi) is 4.87. The third kappa shape index (κ3) is 3.51. The highest BCUT2D eigenvalue weighted by molar-refractivity contribution is 5.72. The number of aryl methyl sites for hydroxylation is 1. The van der Waals surface area contributed by atoms with Gasteiger partial charge in [-0.05, 0) is 24.6 Å². The number of anilines is 1. The van der Waals surface area contributed by atoms with Gasteiger partial charge in [-0.1, -0.05) is 12.1 Å². The zero-order valence-corrected chi connectivity index (χ0v) is 14.7. The maximum Gasteiger partial charge on any atom is 0.310 e. The summed E-state index contributed by atoms with van der Waals surface area (Å²) >= 11 is 0. The Bertz CT molecular complexity index is 1010. The van der Waals surface area contributed by atoms with Gasteiger partial charge in [-0.15, -0.1) is 0 Å². The summed E-state index contributed by atoms with van der Waals surface area (Å²) in [7, 11) is 2.89. The maximum absolute atomic E-state index is 12.6. The van der Waals surface area contributed by atoms with Crippen molar-refractivity contribution in [2.24, 2.45) is 0 Å². The first kappa shape index (κ1) is 17.5. The number of hydrogen-bond acceptors (Lipinski definition) is 7. The van der Waals surface area contributed by atoms with E-state index in [2.05, 4.69) is 25.1 Å². The van der Waals surface area contributed by atoms with Crippen LogP contribution in [0.4, 0.5) is 5.95 Å². The molecule has 3 aromatic rings. The number of fused-ring (bicyclic) bond motifs is 1. The number of methoxy groups -OCH3 is 2. The van der Waals surface area contributed by atoms with E-state index in [0.717, 1.165) is 11.3 Å². The fraction of sp³-hybridized carbons (Fsp3) is 0.294. The van der Waals surface area contributed by atoms with Crippen LogP contribution >= 0.6 is 0 Å². The molecule has 0 bridgehead atoms. The normalized spacial score (nSPS) is 10.7. The van der Waals surface area contributed by atoms with Crippen LogP contribution in [-0.2, 0) is 22.5 Å². The van der Waals surface area contributed by atoms with Gasteiger partial charge in [0.2, 0.25) is 5.95 Å². The van der Waals surface area contributed by atoms with Crippen LogP contribution in [0.25, 0.3) is 5.78 Å². The molecule has 1 aromatic carbocycles. The van der Waals surface area contributed by atoms with E-state index in [0.29, 0.717) is 18.2 Å². The molecule has 0 saturated heterocycles. The van der Waals surface area contributed by atoms with Crippen molar-refractivity contribution in [2.45, 2.75) is 19.9 Å². The highest BCUT2D eigenvalue weighted by Crippen LogP contribution is 2.14. The van der Waals surface area contributed by atoms with Crippen molar-refractivity contribution in [3.05, 3.63) is 51.4 Å². The number of nitrogens with zero attached hydrogens (tertiary/aromatic N) is 3. The lowest BCUT2D eigenvalue weighted by molar-refractivity contribution is -0.139. The summed E-state index contributed by atoms with van der Waals surface area (Å²) in [4.78, 5) is 32.6. The van der Waals surface area contributed by atoms with Crippen LogP contribution in [0, 0.1) is 6.92 Å². The predicted molar refractivity (Wildman–Crippen MR) is 94.4 cm³/mol. The van der Waals surface area contributed by atoms with Crippen molar-refractivity contribution in [2.75, 3.05) is 19.5 Å². The van der Waals surface area contributed by atoms with E-state index in [1.165, 1.54) is 11.6 Å². The number of nitrogens with one attached hydrogen (secondary N) is 2. The molecule has 0 fully saturated rings. The van der Waals surface area contributed by atoms with Crippen molar-refractivity contribution in [1.29, 1.82) is 0 Å². The highest BCUT2D eigenvalue weighted by atomic mass is 16.5. The molecule has 136 valence electrons. The molecule has 0 amide bonds. The molecule has 0 atom stereocenters. The fourth-order valence-corrected chi connectivity index (χ4v) is 2.52. The molecule has 0 saturated carbocycles. The maximum atomic E-state index is 12.6. The van der Waals surface area contributed by atoms with Crippen LogP contribution in [0.1, 0.15) is 16.8 Å². The molecule has 9 nitrogen and oxygen atoms in total. The molecule has 0 aliphatic carbocycles. The summed E-state index contributed by atoms with van der Waals surface area (Å²) < 4.78 is 11.0. The van der Waals surface area contributed by atoms with Crippen molar-refractivity contribution in [3.8, 4) is 5.75 Å². The van der Waals surface area contributed by atoms with Crippen LogP contribution < -0.4 is 15.6 Å². The Morgan fingerprint density at radius 1 is 1.31 bits per heavy atom. The standard InChI is InChI=1S/C17H19N5O4/c1-10-13(8-14(23)26-3)15(24)22-17(19-10)20-16(21-22)18-9-11-5-4-6-12(7-11)25-2/h4-7H,8-9H2,1-3H3,(H2,18,19,20,21). The van der Waals surface area contributed by atoms with Crippen LogP contribution in [0.3, 0.4) is 0 Å². The van der Waals surface area contributed by atoms with Gasteiger partial charge in [-0.3, -0.25) is 14.7 Å². The lowest BCUT2D eigenvalue weighted by Gasteiger charge is -2.05. The average Bonchev–Trinajstić information content (AvgIpc) is 3.06. The Morgan fingerprint density at radius 2 is 2.12 bits per heavy atom. The smallest absolute Gasteiger partial charge is 0.310 e. The second-order valence-electron chi connectivity index (χ2n) is 5.65. The number of ether oxygens (including phenoxy) is 2. The third-order valence-corrected chi connectivity index (χ3v) is 3.94. The number of esters is 1. The monoisotopic (exact) mass is 357 g/mol. The molecule has 0 spiro atoms. The SMILES string of the molecule is COC(=O)Cc1c(C)nc2nc(NCc3cccc(OC)c3)[nH]n2c1=O. The minimum Gasteiger partial charge on any atom is -0.497 e. The summed E-state index contributed by atoms with van der Waals surface area (Å²) in [6.45, 7) is 2.15.